The molecule has 3 nitrogen and oxygen atoms in total. The molecule has 0 aliphatic heterocycles. The molecule has 0 saturated heterocycles. The summed E-state index contributed by atoms with van der Waals surface area (Å²) in [5, 5.41) is 8.03. The molecule has 0 aromatic rings. The predicted molar refractivity (Wildman–Crippen MR) is 37.9 cm³/mol. The topological polar surface area (TPSA) is 63.3 Å². The first-order valence-electron chi connectivity index (χ1n) is 2.22. The lowest BCUT2D eigenvalue weighted by atomic mass is 10.5. The molecule has 0 fully saturated rings. The molecule has 0 heterocycles. The fourth-order valence-corrected chi connectivity index (χ4v) is 0.123. The maximum atomic E-state index is 9.52. The number of halogens is 2. The van der Waals surface area contributed by atoms with Crippen molar-refractivity contribution in [1.82, 2.24) is 0 Å². The molecule has 0 aromatic carbocycles. The van der Waals surface area contributed by atoms with Crippen molar-refractivity contribution in [2.24, 2.45) is 5.73 Å². The zero-order valence-corrected chi connectivity index (χ0v) is 6.32. The summed E-state index contributed by atoms with van der Waals surface area (Å²) in [7, 11) is 0. The van der Waals surface area contributed by atoms with Crippen LogP contribution in [0.15, 0.2) is 0 Å². The number of aliphatic carboxylic acids is 1. The second-order valence-corrected chi connectivity index (χ2v) is 1.84. The Hall–Kier alpha value is 0.01000. The van der Waals surface area contributed by atoms with Crippen LogP contribution in [-0.2, 0) is 4.79 Å². The maximum absolute atomic E-state index is 9.52. The quantitative estimate of drug-likeness (QED) is 0.609. The minimum absolute atomic E-state index is 0.0694. The van der Waals surface area contributed by atoms with Crippen molar-refractivity contribution in [3.05, 3.63) is 0 Å². The first kappa shape index (κ1) is 11.8. The van der Waals surface area contributed by atoms with Gasteiger partial charge in [0.2, 0.25) is 0 Å². The SMILES string of the molecule is ClCCl.NCCC(=O)O. The Morgan fingerprint density at radius 3 is 1.89 bits per heavy atom. The Morgan fingerprint density at radius 2 is 1.89 bits per heavy atom. The van der Waals surface area contributed by atoms with Crippen molar-refractivity contribution >= 4 is 29.2 Å². The highest BCUT2D eigenvalue weighted by Crippen LogP contribution is 1.73. The van der Waals surface area contributed by atoms with Crippen molar-refractivity contribution in [3.8, 4) is 0 Å². The van der Waals surface area contributed by atoms with Gasteiger partial charge >= 0.3 is 5.97 Å². The minimum Gasteiger partial charge on any atom is -0.481 e. The van der Waals surface area contributed by atoms with Gasteiger partial charge in [0, 0.05) is 6.54 Å². The van der Waals surface area contributed by atoms with E-state index in [9.17, 15) is 4.79 Å². The Labute approximate surface area is 63.7 Å². The van der Waals surface area contributed by atoms with Crippen LogP contribution in [0.4, 0.5) is 0 Å². The van der Waals surface area contributed by atoms with Crippen LogP contribution >= 0.6 is 23.2 Å². The molecule has 0 aliphatic carbocycles. The number of carboxylic acid groups (broad SMARTS) is 1. The third kappa shape index (κ3) is 31.9. The van der Waals surface area contributed by atoms with Gasteiger partial charge in [0.05, 0.1) is 11.8 Å². The smallest absolute Gasteiger partial charge is 0.304 e. The van der Waals surface area contributed by atoms with E-state index in [-0.39, 0.29) is 18.3 Å². The molecule has 0 unspecified atom stereocenters. The lowest BCUT2D eigenvalue weighted by Gasteiger charge is -1.80. The highest BCUT2D eigenvalue weighted by atomic mass is 35.5. The molecule has 0 spiro atoms. The Bertz CT molecular complexity index is 69.6. The first-order chi connectivity index (χ1) is 4.18. The fraction of sp³-hybridized carbons (Fsp3) is 0.750. The van der Waals surface area contributed by atoms with Crippen molar-refractivity contribution in [2.75, 3.05) is 11.9 Å². The second-order valence-electron chi connectivity index (χ2n) is 1.03. The molecule has 0 atom stereocenters. The molecule has 0 aromatic heterocycles. The molecule has 0 bridgehead atoms. The molecule has 56 valence electrons. The summed E-state index contributed by atoms with van der Waals surface area (Å²) in [6, 6.07) is 0. The Kier molecular flexibility index (Phi) is 14.2. The number of carbonyl (C=O) groups is 1. The van der Waals surface area contributed by atoms with Gasteiger partial charge in [-0.1, -0.05) is 0 Å². The zero-order chi connectivity index (χ0) is 7.70. The fourth-order valence-electron chi connectivity index (χ4n) is 0.123. The van der Waals surface area contributed by atoms with Gasteiger partial charge < -0.3 is 10.8 Å². The highest BCUT2D eigenvalue weighted by molar-refractivity contribution is 6.40. The van der Waals surface area contributed by atoms with Crippen molar-refractivity contribution < 1.29 is 9.90 Å². The molecule has 0 rings (SSSR count). The third-order valence-electron chi connectivity index (χ3n) is 0.358. The highest BCUT2D eigenvalue weighted by Gasteiger charge is 1.87. The van der Waals surface area contributed by atoms with Gasteiger partial charge in [-0.25, -0.2) is 0 Å². The summed E-state index contributed by atoms with van der Waals surface area (Å²) >= 11 is 9.53. The number of hydrogen-bond acceptors (Lipinski definition) is 2. The summed E-state index contributed by atoms with van der Waals surface area (Å²) in [6.07, 6.45) is 0.0694. The lowest BCUT2D eigenvalue weighted by Crippen LogP contribution is -2.05. The number of hydrogen-bond donors (Lipinski definition) is 2. The molecular formula is C4H9Cl2NO2. The second kappa shape index (κ2) is 10.9. The van der Waals surface area contributed by atoms with E-state index in [1.807, 2.05) is 0 Å². The van der Waals surface area contributed by atoms with E-state index in [1.54, 1.807) is 0 Å². The van der Waals surface area contributed by atoms with E-state index in [1.165, 1.54) is 0 Å². The van der Waals surface area contributed by atoms with Gasteiger partial charge in [-0.15, -0.1) is 23.2 Å². The predicted octanol–water partition coefficient (Wildman–Crippen LogP) is 0.841. The number of carboxylic acids is 1. The summed E-state index contributed by atoms with van der Waals surface area (Å²) in [5.41, 5.74) is 4.85. The van der Waals surface area contributed by atoms with E-state index < -0.39 is 5.97 Å². The Balaban J connectivity index is 0. The van der Waals surface area contributed by atoms with Crippen LogP contribution in [0.25, 0.3) is 0 Å². The minimum atomic E-state index is -0.836. The summed E-state index contributed by atoms with van der Waals surface area (Å²) in [5.74, 6) is -0.836. The average molecular weight is 174 g/mol. The van der Waals surface area contributed by atoms with Gasteiger partial charge in [-0.2, -0.15) is 0 Å². The van der Waals surface area contributed by atoms with Crippen LogP contribution in [-0.4, -0.2) is 23.0 Å². The van der Waals surface area contributed by atoms with Gasteiger partial charge in [-0.05, 0) is 0 Å². The van der Waals surface area contributed by atoms with E-state index >= 15 is 0 Å². The number of alkyl halides is 2. The molecule has 0 radical (unpaired) electrons. The largest absolute Gasteiger partial charge is 0.481 e. The molecule has 0 amide bonds. The van der Waals surface area contributed by atoms with E-state index in [0.717, 1.165) is 0 Å². The molecule has 3 N–H and O–H groups in total. The third-order valence-corrected chi connectivity index (χ3v) is 0.358. The van der Waals surface area contributed by atoms with Crippen LogP contribution in [0, 0.1) is 0 Å². The van der Waals surface area contributed by atoms with E-state index in [2.05, 4.69) is 0 Å². The van der Waals surface area contributed by atoms with Crippen molar-refractivity contribution in [2.45, 2.75) is 6.42 Å². The van der Waals surface area contributed by atoms with E-state index in [0.29, 0.717) is 0 Å². The maximum Gasteiger partial charge on any atom is 0.304 e. The van der Waals surface area contributed by atoms with Crippen molar-refractivity contribution in [3.63, 3.8) is 0 Å². The van der Waals surface area contributed by atoms with E-state index in [4.69, 9.17) is 34.0 Å². The average Bonchev–Trinajstić information content (AvgIpc) is 1.67. The Morgan fingerprint density at radius 1 is 1.56 bits per heavy atom. The number of nitrogens with two attached hydrogens (primary N) is 1. The summed E-state index contributed by atoms with van der Waals surface area (Å²) in [4.78, 5) is 9.52. The summed E-state index contributed by atoms with van der Waals surface area (Å²) in [6.45, 7) is 0.231. The molecule has 0 saturated carbocycles. The monoisotopic (exact) mass is 173 g/mol. The van der Waals surface area contributed by atoms with Gasteiger partial charge in [0.15, 0.2) is 0 Å². The van der Waals surface area contributed by atoms with Crippen LogP contribution in [0.3, 0.4) is 0 Å². The van der Waals surface area contributed by atoms with Crippen LogP contribution in [0.1, 0.15) is 6.42 Å². The van der Waals surface area contributed by atoms with Gasteiger partial charge in [0.1, 0.15) is 0 Å². The number of rotatable bonds is 2. The van der Waals surface area contributed by atoms with Gasteiger partial charge in [0.25, 0.3) is 0 Å². The van der Waals surface area contributed by atoms with Crippen LogP contribution in [0.5, 0.6) is 0 Å². The first-order valence-corrected chi connectivity index (χ1v) is 3.29. The summed E-state index contributed by atoms with van der Waals surface area (Å²) < 4.78 is 0. The normalized spacial score (nSPS) is 7.44. The molecule has 0 aliphatic rings. The molecular weight excluding hydrogens is 165 g/mol. The standard InChI is InChI=1S/C3H7NO2.CH2Cl2/c4-2-1-3(5)6;2-1-3/h1-2,4H2,(H,5,6);1H2. The van der Waals surface area contributed by atoms with Crippen LogP contribution < -0.4 is 5.73 Å². The lowest BCUT2D eigenvalue weighted by molar-refractivity contribution is -0.136. The molecule has 9 heavy (non-hydrogen) atoms. The zero-order valence-electron chi connectivity index (χ0n) is 4.81. The molecule has 5 heteroatoms. The van der Waals surface area contributed by atoms with Crippen molar-refractivity contribution in [1.29, 1.82) is 0 Å². The van der Waals surface area contributed by atoms with Gasteiger partial charge in [-0.3, -0.25) is 4.79 Å². The van der Waals surface area contributed by atoms with Crippen LogP contribution in [0.2, 0.25) is 0 Å².